The van der Waals surface area contributed by atoms with Crippen LogP contribution in [0.15, 0.2) is 10.5 Å². The highest BCUT2D eigenvalue weighted by Crippen LogP contribution is 2.36. The number of aldehydes is 1. The smallest absolute Gasteiger partial charge is 0.132 e. The molecule has 0 amide bonds. The van der Waals surface area contributed by atoms with Crippen molar-refractivity contribution < 1.29 is 9.21 Å². The molecule has 1 rings (SSSR count). The summed E-state index contributed by atoms with van der Waals surface area (Å²) < 4.78 is 5.88. The molecule has 0 N–H and O–H groups in total. The van der Waals surface area contributed by atoms with E-state index in [0.29, 0.717) is 6.42 Å². The SMILES string of the molecule is Cc1cc(CC=O)oc1[Si](C)(C)C(C)(C)C. The van der Waals surface area contributed by atoms with Crippen LogP contribution in [0.4, 0.5) is 0 Å². The second-order valence-corrected chi connectivity index (χ2v) is 11.2. The van der Waals surface area contributed by atoms with Crippen molar-refractivity contribution in [1.29, 1.82) is 0 Å². The predicted molar refractivity (Wildman–Crippen MR) is 70.0 cm³/mol. The topological polar surface area (TPSA) is 30.2 Å². The molecule has 1 aromatic heterocycles. The molecular weight excluding hydrogens is 216 g/mol. The number of carbonyl (C=O) groups excluding carboxylic acids is 1. The van der Waals surface area contributed by atoms with E-state index in [2.05, 4.69) is 40.8 Å². The van der Waals surface area contributed by atoms with E-state index in [1.807, 2.05) is 6.07 Å². The van der Waals surface area contributed by atoms with Gasteiger partial charge in [-0.25, -0.2) is 0 Å². The van der Waals surface area contributed by atoms with Crippen LogP contribution in [0.3, 0.4) is 0 Å². The maximum atomic E-state index is 10.5. The Hall–Kier alpha value is -0.833. The van der Waals surface area contributed by atoms with Gasteiger partial charge in [-0.05, 0) is 23.6 Å². The molecule has 0 atom stereocenters. The van der Waals surface area contributed by atoms with E-state index in [0.717, 1.165) is 17.4 Å². The molecule has 1 heterocycles. The van der Waals surface area contributed by atoms with E-state index in [4.69, 9.17) is 4.42 Å². The van der Waals surface area contributed by atoms with Gasteiger partial charge in [-0.15, -0.1) is 0 Å². The fourth-order valence-corrected chi connectivity index (χ4v) is 3.82. The van der Waals surface area contributed by atoms with Crippen LogP contribution in [0.1, 0.15) is 32.1 Å². The number of carbonyl (C=O) groups is 1. The second kappa shape index (κ2) is 4.21. The van der Waals surface area contributed by atoms with Gasteiger partial charge in [0.2, 0.25) is 0 Å². The molecule has 16 heavy (non-hydrogen) atoms. The molecule has 0 unspecified atom stereocenters. The Morgan fingerprint density at radius 1 is 1.38 bits per heavy atom. The van der Waals surface area contributed by atoms with E-state index >= 15 is 0 Å². The fourth-order valence-electron chi connectivity index (χ4n) is 1.69. The molecule has 0 bridgehead atoms. The summed E-state index contributed by atoms with van der Waals surface area (Å²) in [6, 6.07) is 2.00. The maximum Gasteiger partial charge on any atom is 0.132 e. The first kappa shape index (κ1) is 13.2. The first-order valence-corrected chi connectivity index (χ1v) is 8.73. The molecule has 0 saturated heterocycles. The molecule has 1 aromatic rings. The molecule has 0 fully saturated rings. The van der Waals surface area contributed by atoms with Gasteiger partial charge in [0.25, 0.3) is 0 Å². The first-order chi connectivity index (χ1) is 7.20. The molecule has 0 saturated carbocycles. The zero-order chi connectivity index (χ0) is 12.6. The van der Waals surface area contributed by atoms with Gasteiger partial charge >= 0.3 is 0 Å². The number of hydrogen-bond donors (Lipinski definition) is 0. The van der Waals surface area contributed by atoms with Crippen molar-refractivity contribution >= 4 is 19.7 Å². The summed E-state index contributed by atoms with van der Waals surface area (Å²) in [7, 11) is -1.62. The highest BCUT2D eigenvalue weighted by atomic mass is 28.3. The van der Waals surface area contributed by atoms with Gasteiger partial charge in [-0.3, -0.25) is 0 Å². The lowest BCUT2D eigenvalue weighted by Crippen LogP contribution is -2.49. The predicted octanol–water partition coefficient (Wildman–Crippen LogP) is 3.04. The highest BCUT2D eigenvalue weighted by Gasteiger charge is 2.41. The van der Waals surface area contributed by atoms with E-state index in [1.54, 1.807) is 0 Å². The quantitative estimate of drug-likeness (QED) is 0.598. The van der Waals surface area contributed by atoms with Gasteiger partial charge in [0, 0.05) is 0 Å². The molecule has 0 aromatic carbocycles. The minimum absolute atomic E-state index is 0.258. The lowest BCUT2D eigenvalue weighted by atomic mass is 10.2. The molecule has 0 spiro atoms. The second-order valence-electron chi connectivity index (χ2n) is 5.97. The van der Waals surface area contributed by atoms with Crippen molar-refractivity contribution in [2.24, 2.45) is 0 Å². The average molecular weight is 238 g/mol. The summed E-state index contributed by atoms with van der Waals surface area (Å²) in [6.45, 7) is 13.5. The van der Waals surface area contributed by atoms with Crippen molar-refractivity contribution in [3.63, 3.8) is 0 Å². The molecule has 0 aliphatic heterocycles. The molecule has 90 valence electrons. The highest BCUT2D eigenvalue weighted by molar-refractivity contribution is 6.91. The van der Waals surface area contributed by atoms with Crippen LogP contribution in [-0.4, -0.2) is 14.4 Å². The van der Waals surface area contributed by atoms with Gasteiger partial charge in [0.05, 0.1) is 11.8 Å². The Balaban J connectivity index is 3.17. The largest absolute Gasteiger partial charge is 0.470 e. The lowest BCUT2D eigenvalue weighted by Gasteiger charge is -2.35. The molecule has 0 radical (unpaired) electrons. The summed E-state index contributed by atoms with van der Waals surface area (Å²) in [6.07, 6.45) is 1.28. The molecule has 0 aliphatic rings. The summed E-state index contributed by atoms with van der Waals surface area (Å²) in [5, 5.41) is 1.39. The van der Waals surface area contributed by atoms with Crippen LogP contribution in [0, 0.1) is 6.92 Å². The van der Waals surface area contributed by atoms with Crippen LogP contribution < -0.4 is 5.38 Å². The first-order valence-electron chi connectivity index (χ1n) is 5.73. The minimum Gasteiger partial charge on any atom is -0.470 e. The third-order valence-corrected chi connectivity index (χ3v) is 9.08. The van der Waals surface area contributed by atoms with Gasteiger partial charge in [0.15, 0.2) is 0 Å². The zero-order valence-corrected chi connectivity index (χ0v) is 12.2. The van der Waals surface area contributed by atoms with Crippen molar-refractivity contribution in [3.05, 3.63) is 17.4 Å². The van der Waals surface area contributed by atoms with Gasteiger partial charge in [-0.2, -0.15) is 0 Å². The third-order valence-electron chi connectivity index (χ3n) is 3.70. The van der Waals surface area contributed by atoms with E-state index < -0.39 is 8.07 Å². The maximum absolute atomic E-state index is 10.5. The van der Waals surface area contributed by atoms with Crippen LogP contribution in [-0.2, 0) is 11.2 Å². The Kier molecular flexibility index (Phi) is 3.48. The standard InChI is InChI=1S/C13H22O2Si/c1-10-9-11(7-8-14)15-12(10)16(5,6)13(2,3)4/h8-9H,7H2,1-6H3. The summed E-state index contributed by atoms with van der Waals surface area (Å²) >= 11 is 0. The Labute approximate surface area is 99.1 Å². The van der Waals surface area contributed by atoms with Gasteiger partial charge in [-0.1, -0.05) is 33.9 Å². The van der Waals surface area contributed by atoms with Crippen molar-refractivity contribution in [2.75, 3.05) is 0 Å². The van der Waals surface area contributed by atoms with Crippen LogP contribution >= 0.6 is 0 Å². The summed E-state index contributed by atoms with van der Waals surface area (Å²) in [5.41, 5.74) is 1.20. The number of hydrogen-bond acceptors (Lipinski definition) is 2. The Morgan fingerprint density at radius 3 is 2.38 bits per heavy atom. The van der Waals surface area contributed by atoms with E-state index in [1.165, 1.54) is 5.56 Å². The monoisotopic (exact) mass is 238 g/mol. The fraction of sp³-hybridized carbons (Fsp3) is 0.615. The molecule has 0 aliphatic carbocycles. The van der Waals surface area contributed by atoms with Crippen LogP contribution in [0.5, 0.6) is 0 Å². The lowest BCUT2D eigenvalue weighted by molar-refractivity contribution is -0.107. The van der Waals surface area contributed by atoms with Crippen molar-refractivity contribution in [1.82, 2.24) is 0 Å². The minimum atomic E-state index is -1.62. The molecule has 2 nitrogen and oxygen atoms in total. The molecular formula is C13H22O2Si. The Morgan fingerprint density at radius 2 is 1.94 bits per heavy atom. The van der Waals surface area contributed by atoms with Crippen LogP contribution in [0.2, 0.25) is 18.1 Å². The van der Waals surface area contributed by atoms with Crippen LogP contribution in [0.25, 0.3) is 0 Å². The number of aryl methyl sites for hydroxylation is 1. The number of furan rings is 1. The van der Waals surface area contributed by atoms with Crippen molar-refractivity contribution in [2.45, 2.75) is 52.2 Å². The third kappa shape index (κ3) is 2.29. The van der Waals surface area contributed by atoms with E-state index in [9.17, 15) is 4.79 Å². The normalized spacial score (nSPS) is 12.9. The van der Waals surface area contributed by atoms with Gasteiger partial charge in [0.1, 0.15) is 20.1 Å². The summed E-state index contributed by atoms with van der Waals surface area (Å²) in [5.74, 6) is 0.798. The Bertz CT molecular complexity index is 383. The summed E-state index contributed by atoms with van der Waals surface area (Å²) in [4.78, 5) is 10.5. The zero-order valence-electron chi connectivity index (χ0n) is 11.2. The number of rotatable bonds is 3. The van der Waals surface area contributed by atoms with Gasteiger partial charge < -0.3 is 9.21 Å². The van der Waals surface area contributed by atoms with E-state index in [-0.39, 0.29) is 5.04 Å². The molecule has 3 heteroatoms. The average Bonchev–Trinajstić information content (AvgIpc) is 2.46. The van der Waals surface area contributed by atoms with Crippen molar-refractivity contribution in [3.8, 4) is 0 Å².